The van der Waals surface area contributed by atoms with Gasteiger partial charge in [0.15, 0.2) is 0 Å². The number of sulfonamides is 1. The summed E-state index contributed by atoms with van der Waals surface area (Å²) in [5.41, 5.74) is 0. The first kappa shape index (κ1) is 12.6. The second-order valence-corrected chi connectivity index (χ2v) is 7.02. The van der Waals surface area contributed by atoms with Crippen LogP contribution in [0.5, 0.6) is 0 Å². The highest BCUT2D eigenvalue weighted by Crippen LogP contribution is 2.26. The van der Waals surface area contributed by atoms with Crippen LogP contribution in [0.1, 0.15) is 20.3 Å². The van der Waals surface area contributed by atoms with Gasteiger partial charge in [-0.05, 0) is 30.4 Å². The smallest absolute Gasteiger partial charge is 0.207 e. The van der Waals surface area contributed by atoms with Crippen LogP contribution in [0.15, 0.2) is 35.2 Å². The lowest BCUT2D eigenvalue weighted by atomic mass is 9.94. The topological polar surface area (TPSA) is 37.4 Å². The van der Waals surface area contributed by atoms with Gasteiger partial charge in [-0.15, -0.1) is 0 Å². The van der Waals surface area contributed by atoms with Crippen LogP contribution in [0, 0.1) is 11.8 Å². The van der Waals surface area contributed by atoms with E-state index in [1.54, 1.807) is 28.6 Å². The zero-order valence-electron chi connectivity index (χ0n) is 10.3. The van der Waals surface area contributed by atoms with Gasteiger partial charge in [0.1, 0.15) is 0 Å². The number of rotatable bonds is 2. The maximum Gasteiger partial charge on any atom is 0.243 e. The van der Waals surface area contributed by atoms with E-state index >= 15 is 0 Å². The van der Waals surface area contributed by atoms with Crippen molar-refractivity contribution < 1.29 is 8.42 Å². The Balaban J connectivity index is 2.27. The Kier molecular flexibility index (Phi) is 3.54. The highest BCUT2D eigenvalue weighted by atomic mass is 32.2. The first-order valence-corrected chi connectivity index (χ1v) is 7.49. The standard InChI is InChI=1S/C13H19NO2S/c1-11-8-12(2)10-14(9-11)17(15,16)13-6-4-3-5-7-13/h3-7,11-12H,8-10H2,1-2H3/t11-,12-/m1/s1. The Hall–Kier alpha value is -0.870. The summed E-state index contributed by atoms with van der Waals surface area (Å²) >= 11 is 0. The van der Waals surface area contributed by atoms with E-state index < -0.39 is 10.0 Å². The third kappa shape index (κ3) is 2.69. The minimum Gasteiger partial charge on any atom is -0.207 e. The summed E-state index contributed by atoms with van der Waals surface area (Å²) in [6.45, 7) is 5.51. The van der Waals surface area contributed by atoms with Crippen LogP contribution in [0.4, 0.5) is 0 Å². The molecule has 2 rings (SSSR count). The molecule has 1 aliphatic heterocycles. The third-order valence-corrected chi connectivity index (χ3v) is 5.06. The van der Waals surface area contributed by atoms with Crippen molar-refractivity contribution in [3.63, 3.8) is 0 Å². The maximum absolute atomic E-state index is 12.4. The molecule has 4 heteroatoms. The van der Waals surface area contributed by atoms with Gasteiger partial charge in [0.25, 0.3) is 0 Å². The molecule has 0 aliphatic carbocycles. The fourth-order valence-electron chi connectivity index (χ4n) is 2.54. The molecule has 0 aromatic heterocycles. The van der Waals surface area contributed by atoms with E-state index in [4.69, 9.17) is 0 Å². The second kappa shape index (κ2) is 4.78. The first-order chi connectivity index (χ1) is 8.00. The zero-order valence-corrected chi connectivity index (χ0v) is 11.2. The number of hydrogen-bond acceptors (Lipinski definition) is 2. The minimum absolute atomic E-state index is 0.404. The van der Waals surface area contributed by atoms with E-state index in [0.29, 0.717) is 29.8 Å². The summed E-state index contributed by atoms with van der Waals surface area (Å²) in [4.78, 5) is 0.404. The molecule has 1 aliphatic rings. The van der Waals surface area contributed by atoms with E-state index in [1.807, 2.05) is 6.07 Å². The van der Waals surface area contributed by atoms with Gasteiger partial charge in [-0.1, -0.05) is 32.0 Å². The molecule has 3 nitrogen and oxygen atoms in total. The number of piperidine rings is 1. The highest BCUT2D eigenvalue weighted by Gasteiger charge is 2.31. The molecule has 0 spiro atoms. The average molecular weight is 253 g/mol. The molecule has 1 aromatic rings. The Morgan fingerprint density at radius 1 is 1.06 bits per heavy atom. The van der Waals surface area contributed by atoms with Crippen molar-refractivity contribution >= 4 is 10.0 Å². The molecular formula is C13H19NO2S. The molecule has 0 bridgehead atoms. The van der Waals surface area contributed by atoms with Gasteiger partial charge >= 0.3 is 0 Å². The van der Waals surface area contributed by atoms with Crippen LogP contribution in [-0.4, -0.2) is 25.8 Å². The van der Waals surface area contributed by atoms with Gasteiger partial charge in [0.05, 0.1) is 4.90 Å². The van der Waals surface area contributed by atoms with Crippen LogP contribution < -0.4 is 0 Å². The monoisotopic (exact) mass is 253 g/mol. The van der Waals surface area contributed by atoms with Gasteiger partial charge in [-0.25, -0.2) is 8.42 Å². The molecule has 0 saturated carbocycles. The summed E-state index contributed by atoms with van der Waals surface area (Å²) in [6.07, 6.45) is 1.11. The lowest BCUT2D eigenvalue weighted by Crippen LogP contribution is -2.42. The molecule has 94 valence electrons. The van der Waals surface area contributed by atoms with E-state index in [-0.39, 0.29) is 0 Å². The Labute approximate surface area is 104 Å². The van der Waals surface area contributed by atoms with Crippen LogP contribution in [-0.2, 0) is 10.0 Å². The summed E-state index contributed by atoms with van der Waals surface area (Å²) < 4.78 is 26.4. The van der Waals surface area contributed by atoms with Crippen LogP contribution >= 0.6 is 0 Å². The number of hydrogen-bond donors (Lipinski definition) is 0. The molecule has 2 atom stereocenters. The number of benzene rings is 1. The Morgan fingerprint density at radius 2 is 1.59 bits per heavy atom. The molecule has 0 N–H and O–H groups in total. The number of nitrogens with zero attached hydrogens (tertiary/aromatic N) is 1. The SMILES string of the molecule is C[C@@H]1C[C@@H](C)CN(S(=O)(=O)c2ccccc2)C1. The van der Waals surface area contributed by atoms with Gasteiger partial charge in [-0.2, -0.15) is 4.31 Å². The van der Waals surface area contributed by atoms with Crippen molar-refractivity contribution in [3.8, 4) is 0 Å². The largest absolute Gasteiger partial charge is 0.243 e. The van der Waals surface area contributed by atoms with Crippen LogP contribution in [0.3, 0.4) is 0 Å². The summed E-state index contributed by atoms with van der Waals surface area (Å²) in [5, 5.41) is 0. The second-order valence-electron chi connectivity index (χ2n) is 5.08. The maximum atomic E-state index is 12.4. The molecular weight excluding hydrogens is 234 g/mol. The Bertz CT molecular complexity index is 459. The quantitative estimate of drug-likeness (QED) is 0.811. The van der Waals surface area contributed by atoms with Crippen LogP contribution in [0.25, 0.3) is 0 Å². The molecule has 1 saturated heterocycles. The van der Waals surface area contributed by atoms with Crippen molar-refractivity contribution in [1.29, 1.82) is 0 Å². The van der Waals surface area contributed by atoms with Gasteiger partial charge < -0.3 is 0 Å². The van der Waals surface area contributed by atoms with E-state index in [9.17, 15) is 8.42 Å². The predicted molar refractivity (Wildman–Crippen MR) is 68.1 cm³/mol. The minimum atomic E-state index is -3.29. The fourth-order valence-corrected chi connectivity index (χ4v) is 4.24. The molecule has 1 heterocycles. The molecule has 1 fully saturated rings. The van der Waals surface area contributed by atoms with E-state index in [0.717, 1.165) is 6.42 Å². The fraction of sp³-hybridized carbons (Fsp3) is 0.538. The normalized spacial score (nSPS) is 26.9. The summed E-state index contributed by atoms with van der Waals surface area (Å²) in [7, 11) is -3.29. The average Bonchev–Trinajstić information content (AvgIpc) is 2.29. The highest BCUT2D eigenvalue weighted by molar-refractivity contribution is 7.89. The first-order valence-electron chi connectivity index (χ1n) is 6.05. The third-order valence-electron chi connectivity index (χ3n) is 3.22. The zero-order chi connectivity index (χ0) is 12.5. The Morgan fingerprint density at radius 3 is 2.12 bits per heavy atom. The van der Waals surface area contributed by atoms with Gasteiger partial charge in [0.2, 0.25) is 10.0 Å². The lowest BCUT2D eigenvalue weighted by Gasteiger charge is -2.34. The van der Waals surface area contributed by atoms with E-state index in [2.05, 4.69) is 13.8 Å². The van der Waals surface area contributed by atoms with Gasteiger partial charge in [-0.3, -0.25) is 0 Å². The van der Waals surface area contributed by atoms with Crippen molar-refractivity contribution in [2.45, 2.75) is 25.2 Å². The van der Waals surface area contributed by atoms with Crippen molar-refractivity contribution in [2.24, 2.45) is 11.8 Å². The van der Waals surface area contributed by atoms with Crippen molar-refractivity contribution in [3.05, 3.63) is 30.3 Å². The summed E-state index contributed by atoms with van der Waals surface area (Å²) in [5.74, 6) is 0.884. The molecule has 0 unspecified atom stereocenters. The summed E-state index contributed by atoms with van der Waals surface area (Å²) in [6, 6.07) is 8.70. The molecule has 0 amide bonds. The predicted octanol–water partition coefficient (Wildman–Crippen LogP) is 2.35. The van der Waals surface area contributed by atoms with Crippen LogP contribution in [0.2, 0.25) is 0 Å². The lowest BCUT2D eigenvalue weighted by molar-refractivity contribution is 0.222. The van der Waals surface area contributed by atoms with Gasteiger partial charge in [0, 0.05) is 13.1 Å². The molecule has 17 heavy (non-hydrogen) atoms. The van der Waals surface area contributed by atoms with Crippen molar-refractivity contribution in [2.75, 3.05) is 13.1 Å². The molecule has 0 radical (unpaired) electrons. The van der Waals surface area contributed by atoms with Crippen molar-refractivity contribution in [1.82, 2.24) is 4.31 Å². The van der Waals surface area contributed by atoms with E-state index in [1.165, 1.54) is 0 Å². The molecule has 1 aromatic carbocycles.